The second kappa shape index (κ2) is 8.61. The summed E-state index contributed by atoms with van der Waals surface area (Å²) in [4.78, 5) is 25.1. The molecule has 2 aromatic carbocycles. The van der Waals surface area contributed by atoms with Crippen LogP contribution in [0.4, 0.5) is 11.4 Å². The molecular weight excluding hydrogens is 348 g/mol. The highest BCUT2D eigenvalue weighted by Gasteiger charge is 2.16. The predicted molar refractivity (Wildman–Crippen MR) is 101 cm³/mol. The van der Waals surface area contributed by atoms with Crippen LogP contribution in [0, 0.1) is 10.1 Å². The van der Waals surface area contributed by atoms with Gasteiger partial charge in [-0.25, -0.2) is 0 Å². The van der Waals surface area contributed by atoms with Crippen molar-refractivity contribution in [3.63, 3.8) is 0 Å². The molecule has 27 heavy (non-hydrogen) atoms. The topological polar surface area (TPSA) is 111 Å². The van der Waals surface area contributed by atoms with E-state index in [1.807, 2.05) is 24.3 Å². The van der Waals surface area contributed by atoms with Gasteiger partial charge in [0.15, 0.2) is 0 Å². The van der Waals surface area contributed by atoms with Crippen LogP contribution < -0.4 is 11.1 Å². The summed E-state index contributed by atoms with van der Waals surface area (Å²) in [7, 11) is 0. The minimum atomic E-state index is -0.594. The van der Waals surface area contributed by atoms with Crippen LogP contribution in [0.25, 0.3) is 0 Å². The van der Waals surface area contributed by atoms with Crippen LogP contribution in [0.2, 0.25) is 0 Å². The molecule has 0 unspecified atom stereocenters. The molecule has 0 bridgehead atoms. The maximum Gasteiger partial charge on any atom is 0.292 e. The molecule has 1 aliphatic heterocycles. The number of nitrogens with one attached hydrogen (secondary N) is 1. The second-order valence-corrected chi connectivity index (χ2v) is 6.37. The molecule has 0 aromatic heterocycles. The number of carbonyl (C=O) groups excluding carboxylic acids is 1. The maximum absolute atomic E-state index is 12.4. The van der Waals surface area contributed by atoms with Gasteiger partial charge in [0.2, 0.25) is 0 Å². The summed E-state index contributed by atoms with van der Waals surface area (Å²) in [5.74, 6) is -0.376. The highest BCUT2D eigenvalue weighted by atomic mass is 16.6. The van der Waals surface area contributed by atoms with Crippen LogP contribution >= 0.6 is 0 Å². The van der Waals surface area contributed by atoms with E-state index in [1.165, 1.54) is 18.2 Å². The van der Waals surface area contributed by atoms with Crippen molar-refractivity contribution in [2.24, 2.45) is 0 Å². The van der Waals surface area contributed by atoms with E-state index in [1.54, 1.807) is 0 Å². The van der Waals surface area contributed by atoms with Crippen LogP contribution in [0.5, 0.6) is 0 Å². The van der Waals surface area contributed by atoms with Gasteiger partial charge < -0.3 is 15.8 Å². The number of hydrogen-bond donors (Lipinski definition) is 2. The van der Waals surface area contributed by atoms with E-state index in [0.29, 0.717) is 6.54 Å². The lowest BCUT2D eigenvalue weighted by molar-refractivity contribution is -0.383. The number of ether oxygens (including phenoxy) is 1. The number of amides is 1. The molecule has 1 saturated heterocycles. The molecule has 0 saturated carbocycles. The lowest BCUT2D eigenvalue weighted by Gasteiger charge is -2.27. The first-order valence-electron chi connectivity index (χ1n) is 8.73. The van der Waals surface area contributed by atoms with Crippen molar-refractivity contribution in [1.29, 1.82) is 0 Å². The minimum absolute atomic E-state index is 0.0346. The van der Waals surface area contributed by atoms with Crippen molar-refractivity contribution in [1.82, 2.24) is 10.2 Å². The van der Waals surface area contributed by atoms with Gasteiger partial charge in [-0.3, -0.25) is 19.8 Å². The Morgan fingerprint density at radius 3 is 2.59 bits per heavy atom. The van der Waals surface area contributed by atoms with Gasteiger partial charge in [-0.15, -0.1) is 0 Å². The number of nitro benzene ring substituents is 1. The Bertz CT molecular complexity index is 834. The molecular formula is C19H22N4O4. The molecule has 8 heteroatoms. The molecule has 2 aromatic rings. The lowest BCUT2D eigenvalue weighted by atomic mass is 10.1. The maximum atomic E-state index is 12.4. The van der Waals surface area contributed by atoms with Crippen molar-refractivity contribution >= 4 is 17.3 Å². The van der Waals surface area contributed by atoms with Gasteiger partial charge in [-0.05, 0) is 23.3 Å². The zero-order chi connectivity index (χ0) is 19.2. The number of benzene rings is 2. The molecule has 142 valence electrons. The van der Waals surface area contributed by atoms with Crippen LogP contribution in [-0.4, -0.2) is 42.0 Å². The smallest absolute Gasteiger partial charge is 0.292 e. The first-order chi connectivity index (χ1) is 13.0. The predicted octanol–water partition coefficient (Wildman–Crippen LogP) is 1.94. The van der Waals surface area contributed by atoms with Crippen molar-refractivity contribution < 1.29 is 14.5 Å². The van der Waals surface area contributed by atoms with E-state index in [9.17, 15) is 14.9 Å². The third kappa shape index (κ3) is 4.81. The molecule has 8 nitrogen and oxygen atoms in total. The van der Waals surface area contributed by atoms with Gasteiger partial charge in [0.05, 0.1) is 18.1 Å². The van der Waals surface area contributed by atoms with Crippen LogP contribution in [0.1, 0.15) is 21.5 Å². The number of anilines is 1. The number of morpholine rings is 1. The number of nitrogens with two attached hydrogens (primary N) is 1. The molecule has 3 N–H and O–H groups in total. The Labute approximate surface area is 157 Å². The molecule has 0 radical (unpaired) electrons. The van der Waals surface area contributed by atoms with Gasteiger partial charge in [-0.2, -0.15) is 0 Å². The van der Waals surface area contributed by atoms with E-state index in [2.05, 4.69) is 10.2 Å². The van der Waals surface area contributed by atoms with Gasteiger partial charge >= 0.3 is 0 Å². The average Bonchev–Trinajstić information content (AvgIpc) is 2.68. The van der Waals surface area contributed by atoms with E-state index in [4.69, 9.17) is 10.5 Å². The number of nitrogens with zero attached hydrogens (tertiary/aromatic N) is 2. The summed E-state index contributed by atoms with van der Waals surface area (Å²) in [5, 5.41) is 13.8. The molecule has 1 heterocycles. The fraction of sp³-hybridized carbons (Fsp3) is 0.316. The Morgan fingerprint density at radius 2 is 1.89 bits per heavy atom. The van der Waals surface area contributed by atoms with Gasteiger partial charge in [0, 0.05) is 37.8 Å². The van der Waals surface area contributed by atoms with Crippen molar-refractivity contribution in [3.05, 3.63) is 69.3 Å². The van der Waals surface area contributed by atoms with Crippen molar-refractivity contribution in [2.45, 2.75) is 13.1 Å². The van der Waals surface area contributed by atoms with E-state index >= 15 is 0 Å². The van der Waals surface area contributed by atoms with E-state index in [-0.39, 0.29) is 22.8 Å². The second-order valence-electron chi connectivity index (χ2n) is 6.37. The van der Waals surface area contributed by atoms with Gasteiger partial charge in [-0.1, -0.05) is 24.3 Å². The Balaban J connectivity index is 1.67. The van der Waals surface area contributed by atoms with Crippen LogP contribution in [0.3, 0.4) is 0 Å². The normalized spacial score (nSPS) is 14.7. The Kier molecular flexibility index (Phi) is 6.00. The van der Waals surface area contributed by atoms with E-state index < -0.39 is 4.92 Å². The summed E-state index contributed by atoms with van der Waals surface area (Å²) in [5.41, 5.74) is 7.71. The molecule has 3 rings (SSSR count). The number of nitrogen functional groups attached to an aromatic ring is 1. The zero-order valence-corrected chi connectivity index (χ0v) is 14.9. The number of rotatable bonds is 6. The summed E-state index contributed by atoms with van der Waals surface area (Å²) in [6, 6.07) is 12.0. The SMILES string of the molecule is Nc1ccc(C(=O)NCc2ccccc2CN2CCOCC2)cc1[N+](=O)[O-]. The fourth-order valence-electron chi connectivity index (χ4n) is 3.00. The molecule has 0 spiro atoms. The molecule has 1 amide bonds. The zero-order valence-electron chi connectivity index (χ0n) is 14.9. The van der Waals surface area contributed by atoms with Crippen LogP contribution in [-0.2, 0) is 17.8 Å². The Hall–Kier alpha value is -2.97. The van der Waals surface area contributed by atoms with Gasteiger partial charge in [0.1, 0.15) is 5.69 Å². The number of hydrogen-bond acceptors (Lipinski definition) is 6. The largest absolute Gasteiger partial charge is 0.393 e. The monoisotopic (exact) mass is 370 g/mol. The van der Waals surface area contributed by atoms with E-state index in [0.717, 1.165) is 44.0 Å². The highest BCUT2D eigenvalue weighted by molar-refractivity contribution is 5.95. The molecule has 0 aliphatic carbocycles. The molecule has 1 fully saturated rings. The standard InChI is InChI=1S/C19H22N4O4/c20-17-6-5-14(11-18(17)23(25)26)19(24)21-12-15-3-1-2-4-16(15)13-22-7-9-27-10-8-22/h1-6,11H,7-10,12-13,20H2,(H,21,24). The lowest BCUT2D eigenvalue weighted by Crippen LogP contribution is -2.36. The summed E-state index contributed by atoms with van der Waals surface area (Å²) >= 11 is 0. The average molecular weight is 370 g/mol. The summed E-state index contributed by atoms with van der Waals surface area (Å²) in [6.07, 6.45) is 0. The number of nitro groups is 1. The third-order valence-corrected chi connectivity index (χ3v) is 4.54. The minimum Gasteiger partial charge on any atom is -0.393 e. The quantitative estimate of drug-likeness (QED) is 0.457. The summed E-state index contributed by atoms with van der Waals surface area (Å²) < 4.78 is 5.37. The van der Waals surface area contributed by atoms with Crippen molar-refractivity contribution in [3.8, 4) is 0 Å². The van der Waals surface area contributed by atoms with Crippen LogP contribution in [0.15, 0.2) is 42.5 Å². The summed E-state index contributed by atoms with van der Waals surface area (Å²) in [6.45, 7) is 4.37. The van der Waals surface area contributed by atoms with Gasteiger partial charge in [0.25, 0.3) is 11.6 Å². The number of carbonyl (C=O) groups is 1. The molecule has 0 atom stereocenters. The third-order valence-electron chi connectivity index (χ3n) is 4.54. The van der Waals surface area contributed by atoms with Crippen molar-refractivity contribution in [2.75, 3.05) is 32.0 Å². The Morgan fingerprint density at radius 1 is 1.19 bits per heavy atom. The first-order valence-corrected chi connectivity index (χ1v) is 8.73. The molecule has 1 aliphatic rings. The fourth-order valence-corrected chi connectivity index (χ4v) is 3.00. The highest BCUT2D eigenvalue weighted by Crippen LogP contribution is 2.22. The first kappa shape index (κ1) is 18.8.